The van der Waals surface area contributed by atoms with E-state index in [9.17, 15) is 13.6 Å². The van der Waals surface area contributed by atoms with Crippen LogP contribution in [0.1, 0.15) is 11.3 Å². The molecule has 0 fully saturated rings. The van der Waals surface area contributed by atoms with Crippen molar-refractivity contribution in [2.24, 2.45) is 0 Å². The molecule has 1 N–H and O–H groups in total. The van der Waals surface area contributed by atoms with E-state index < -0.39 is 17.5 Å². The number of nitrogens with zero attached hydrogens (tertiary/aromatic N) is 3. The summed E-state index contributed by atoms with van der Waals surface area (Å²) >= 11 is 0. The average molecular weight is 340 g/mol. The van der Waals surface area contributed by atoms with E-state index in [4.69, 9.17) is 0 Å². The van der Waals surface area contributed by atoms with Gasteiger partial charge in [-0.25, -0.2) is 9.97 Å². The number of rotatable bonds is 4. The third kappa shape index (κ3) is 3.50. The number of hydrogen-bond acceptors (Lipinski definition) is 4. The Kier molecular flexibility index (Phi) is 4.47. The lowest BCUT2D eigenvalue weighted by atomic mass is 10.1. The molecule has 0 unspecified atom stereocenters. The third-order valence-electron chi connectivity index (χ3n) is 3.56. The van der Waals surface area contributed by atoms with Gasteiger partial charge in [0.05, 0.1) is 0 Å². The van der Waals surface area contributed by atoms with Crippen LogP contribution in [-0.2, 0) is 10.7 Å². The maximum Gasteiger partial charge on any atom is 0.366 e. The largest absolute Gasteiger partial charge is 0.366 e. The Morgan fingerprint density at radius 2 is 1.60 bits per heavy atom. The Morgan fingerprint density at radius 1 is 0.960 bits per heavy atom. The molecule has 7 heteroatoms. The predicted molar refractivity (Wildman–Crippen MR) is 89.0 cm³/mol. The molecule has 2 aromatic heterocycles. The van der Waals surface area contributed by atoms with Crippen LogP contribution in [0.2, 0.25) is 0 Å². The number of carbonyl (C=O) groups is 1. The lowest BCUT2D eigenvalue weighted by Crippen LogP contribution is -2.33. The van der Waals surface area contributed by atoms with Crippen LogP contribution >= 0.6 is 0 Å². The van der Waals surface area contributed by atoms with E-state index in [1.54, 1.807) is 30.6 Å². The van der Waals surface area contributed by atoms with Gasteiger partial charge in [-0.1, -0.05) is 6.07 Å². The van der Waals surface area contributed by atoms with Gasteiger partial charge in [0, 0.05) is 29.8 Å². The van der Waals surface area contributed by atoms with Crippen molar-refractivity contribution in [3.8, 4) is 11.4 Å². The van der Waals surface area contributed by atoms with Crippen molar-refractivity contribution < 1.29 is 13.6 Å². The molecule has 1 aromatic carbocycles. The highest BCUT2D eigenvalue weighted by atomic mass is 19.3. The van der Waals surface area contributed by atoms with Gasteiger partial charge < -0.3 is 5.32 Å². The summed E-state index contributed by atoms with van der Waals surface area (Å²) in [6.07, 6.45) is 4.44. The summed E-state index contributed by atoms with van der Waals surface area (Å²) in [7, 11) is 0. The van der Waals surface area contributed by atoms with E-state index in [2.05, 4.69) is 20.3 Å². The first kappa shape index (κ1) is 16.6. The molecule has 1 amide bonds. The minimum Gasteiger partial charge on any atom is -0.320 e. The first-order valence-electron chi connectivity index (χ1n) is 7.47. The number of alkyl halides is 2. The van der Waals surface area contributed by atoms with Gasteiger partial charge in [0.2, 0.25) is 0 Å². The Labute approximate surface area is 142 Å². The van der Waals surface area contributed by atoms with Crippen molar-refractivity contribution in [2.45, 2.75) is 12.8 Å². The maximum atomic E-state index is 14.3. The van der Waals surface area contributed by atoms with E-state index in [1.807, 2.05) is 0 Å². The van der Waals surface area contributed by atoms with Crippen LogP contribution in [0.3, 0.4) is 0 Å². The molecule has 0 saturated heterocycles. The van der Waals surface area contributed by atoms with Gasteiger partial charge in [-0.2, -0.15) is 8.78 Å². The number of anilines is 1. The fourth-order valence-corrected chi connectivity index (χ4v) is 2.28. The molecular weight excluding hydrogens is 326 g/mol. The molecule has 5 nitrogen and oxygen atoms in total. The number of halogens is 2. The fraction of sp³-hybridized carbons (Fsp3) is 0.111. The van der Waals surface area contributed by atoms with Gasteiger partial charge in [0.15, 0.2) is 5.82 Å². The van der Waals surface area contributed by atoms with Crippen LogP contribution < -0.4 is 5.32 Å². The topological polar surface area (TPSA) is 67.8 Å². The molecule has 3 aromatic rings. The summed E-state index contributed by atoms with van der Waals surface area (Å²) in [6, 6.07) is 11.1. The van der Waals surface area contributed by atoms with Gasteiger partial charge in [0.1, 0.15) is 5.69 Å². The zero-order chi connectivity index (χ0) is 17.9. The molecule has 0 aliphatic carbocycles. The third-order valence-corrected chi connectivity index (χ3v) is 3.56. The molecule has 0 aliphatic heterocycles. The summed E-state index contributed by atoms with van der Waals surface area (Å²) < 4.78 is 28.7. The lowest BCUT2D eigenvalue weighted by Gasteiger charge is -2.17. The number of pyridine rings is 1. The molecule has 0 radical (unpaired) electrons. The second-order valence-electron chi connectivity index (χ2n) is 5.35. The summed E-state index contributed by atoms with van der Waals surface area (Å²) in [4.78, 5) is 23.9. The van der Waals surface area contributed by atoms with Gasteiger partial charge in [-0.3, -0.25) is 9.78 Å². The van der Waals surface area contributed by atoms with Gasteiger partial charge in [-0.05, 0) is 48.9 Å². The molecular formula is C18H14F2N4O. The summed E-state index contributed by atoms with van der Waals surface area (Å²) in [6.45, 7) is 1.48. The zero-order valence-corrected chi connectivity index (χ0v) is 13.3. The van der Waals surface area contributed by atoms with E-state index in [0.29, 0.717) is 11.4 Å². The van der Waals surface area contributed by atoms with Crippen LogP contribution in [0.15, 0.2) is 61.1 Å². The van der Waals surface area contributed by atoms with Crippen LogP contribution in [-0.4, -0.2) is 20.9 Å². The number of carbonyl (C=O) groups excluding carboxylic acids is 1. The Bertz CT molecular complexity index is 883. The van der Waals surface area contributed by atoms with E-state index in [1.165, 1.54) is 37.4 Å². The van der Waals surface area contributed by atoms with E-state index in [-0.39, 0.29) is 11.3 Å². The van der Waals surface area contributed by atoms with E-state index >= 15 is 0 Å². The van der Waals surface area contributed by atoms with Crippen LogP contribution in [0.4, 0.5) is 14.5 Å². The van der Waals surface area contributed by atoms with Crippen LogP contribution in [0, 0.1) is 6.92 Å². The summed E-state index contributed by atoms with van der Waals surface area (Å²) in [5.41, 5.74) is 0.657. The van der Waals surface area contributed by atoms with Crippen LogP contribution in [0.5, 0.6) is 0 Å². The fourth-order valence-electron chi connectivity index (χ4n) is 2.28. The van der Waals surface area contributed by atoms with Crippen molar-refractivity contribution in [3.05, 3.63) is 72.3 Å². The van der Waals surface area contributed by atoms with Gasteiger partial charge in [-0.15, -0.1) is 0 Å². The summed E-state index contributed by atoms with van der Waals surface area (Å²) in [5, 5.41) is 2.22. The number of nitrogens with one attached hydrogen (secondary N) is 1. The Hall–Kier alpha value is -3.22. The molecule has 0 saturated carbocycles. The molecule has 126 valence electrons. The second-order valence-corrected chi connectivity index (χ2v) is 5.35. The quantitative estimate of drug-likeness (QED) is 0.788. The molecule has 3 rings (SSSR count). The van der Waals surface area contributed by atoms with Crippen molar-refractivity contribution in [1.29, 1.82) is 0 Å². The first-order valence-corrected chi connectivity index (χ1v) is 7.47. The number of amides is 1. The minimum absolute atomic E-state index is 0.248. The highest BCUT2D eigenvalue weighted by Gasteiger charge is 2.43. The van der Waals surface area contributed by atoms with Gasteiger partial charge in [0.25, 0.3) is 0 Å². The van der Waals surface area contributed by atoms with Crippen molar-refractivity contribution in [2.75, 3.05) is 5.32 Å². The molecule has 2 heterocycles. The summed E-state index contributed by atoms with van der Waals surface area (Å²) in [5.74, 6) is -4.65. The predicted octanol–water partition coefficient (Wildman–Crippen LogP) is 3.58. The highest BCUT2D eigenvalue weighted by molar-refractivity contribution is 5.96. The molecule has 25 heavy (non-hydrogen) atoms. The van der Waals surface area contributed by atoms with Crippen molar-refractivity contribution in [3.63, 3.8) is 0 Å². The Balaban J connectivity index is 1.78. The first-order chi connectivity index (χ1) is 12.0. The minimum atomic E-state index is -3.73. The smallest absolute Gasteiger partial charge is 0.320 e. The molecule has 0 atom stereocenters. The highest BCUT2D eigenvalue weighted by Crippen LogP contribution is 2.30. The van der Waals surface area contributed by atoms with Gasteiger partial charge >= 0.3 is 11.8 Å². The Morgan fingerprint density at radius 3 is 2.24 bits per heavy atom. The van der Waals surface area contributed by atoms with Crippen molar-refractivity contribution in [1.82, 2.24) is 15.0 Å². The van der Waals surface area contributed by atoms with Crippen molar-refractivity contribution >= 4 is 11.6 Å². The average Bonchev–Trinajstić information content (AvgIpc) is 2.63. The van der Waals surface area contributed by atoms with E-state index in [0.717, 1.165) is 0 Å². The normalized spacial score (nSPS) is 11.2. The zero-order valence-electron chi connectivity index (χ0n) is 13.3. The second kappa shape index (κ2) is 6.72. The number of hydrogen-bond donors (Lipinski definition) is 1. The molecule has 0 spiro atoms. The lowest BCUT2D eigenvalue weighted by molar-refractivity contribution is -0.141. The number of aromatic nitrogens is 3. The standard InChI is InChI=1S/C18H14F2N4O/c1-12-4-2-9-21-15(12)18(19,20)17(25)24-14-7-5-13(6-8-14)16-22-10-3-11-23-16/h2-11H,1H3,(H,24,25). The number of benzene rings is 1. The number of aryl methyl sites for hydroxylation is 1. The van der Waals surface area contributed by atoms with Crippen LogP contribution in [0.25, 0.3) is 11.4 Å². The molecule has 0 bridgehead atoms. The SMILES string of the molecule is Cc1cccnc1C(F)(F)C(=O)Nc1ccc(-c2ncccn2)cc1. The monoisotopic (exact) mass is 340 g/mol. The maximum absolute atomic E-state index is 14.3. The molecule has 0 aliphatic rings.